The number of hydrogen-bond donors (Lipinski definition) is 1. The third-order valence-electron chi connectivity index (χ3n) is 4.63. The summed E-state index contributed by atoms with van der Waals surface area (Å²) >= 11 is 23.8. The summed E-state index contributed by atoms with van der Waals surface area (Å²) in [4.78, 5) is 38.6. The number of Topliss-reactive ketones (excluding diaryl/α,β-unsaturated/α-hetero) is 1. The summed E-state index contributed by atoms with van der Waals surface area (Å²) in [6.45, 7) is 0. The molecule has 0 aromatic heterocycles. The van der Waals surface area contributed by atoms with Gasteiger partial charge in [-0.05, 0) is 48.7 Å². The molecule has 2 aromatic rings. The molecule has 3 amide bonds. The Kier molecular flexibility index (Phi) is 7.06. The molecule has 0 saturated carbocycles. The number of halogens is 4. The van der Waals surface area contributed by atoms with Gasteiger partial charge in [-0.2, -0.15) is 0 Å². The Bertz CT molecular complexity index is 980. The molecule has 29 heavy (non-hydrogen) atoms. The number of carbonyl (C=O) groups excluding carboxylic acids is 3. The fourth-order valence-electron chi connectivity index (χ4n) is 3.15. The molecule has 9 heteroatoms. The summed E-state index contributed by atoms with van der Waals surface area (Å²) in [6.07, 6.45) is 0.964. The van der Waals surface area contributed by atoms with Crippen LogP contribution < -0.4 is 5.32 Å². The van der Waals surface area contributed by atoms with Gasteiger partial charge in [0.15, 0.2) is 5.78 Å². The van der Waals surface area contributed by atoms with Crippen molar-refractivity contribution in [2.24, 2.45) is 0 Å². The fraction of sp³-hybridized carbons (Fsp3) is 0.250. The number of ketones is 1. The zero-order valence-electron chi connectivity index (χ0n) is 15.1. The summed E-state index contributed by atoms with van der Waals surface area (Å²) < 4.78 is 0. The van der Waals surface area contributed by atoms with Crippen molar-refractivity contribution in [3.8, 4) is 0 Å². The third-order valence-corrected chi connectivity index (χ3v) is 5.96. The number of hydrogen-bond acceptors (Lipinski definition) is 3. The number of benzene rings is 2. The van der Waals surface area contributed by atoms with E-state index < -0.39 is 18.0 Å². The van der Waals surface area contributed by atoms with E-state index >= 15 is 0 Å². The maximum Gasteiger partial charge on any atom is 0.329 e. The van der Waals surface area contributed by atoms with E-state index in [2.05, 4.69) is 5.32 Å². The average molecular weight is 474 g/mol. The molecule has 0 aliphatic carbocycles. The molecule has 1 saturated heterocycles. The molecule has 0 radical (unpaired) electrons. The normalized spacial score (nSPS) is 16.2. The van der Waals surface area contributed by atoms with Gasteiger partial charge in [0.1, 0.15) is 6.04 Å². The van der Waals surface area contributed by atoms with Crippen molar-refractivity contribution in [3.05, 3.63) is 62.1 Å². The molecule has 152 valence electrons. The third kappa shape index (κ3) is 5.23. The van der Waals surface area contributed by atoms with Crippen LogP contribution in [0.15, 0.2) is 36.4 Å². The van der Waals surface area contributed by atoms with Gasteiger partial charge in [0, 0.05) is 28.6 Å². The van der Waals surface area contributed by atoms with E-state index in [-0.39, 0.29) is 23.6 Å². The minimum atomic E-state index is -0.809. The monoisotopic (exact) mass is 472 g/mol. The lowest BCUT2D eigenvalue weighted by atomic mass is 10.0. The number of rotatable bonds is 5. The SMILES string of the molecule is O=C(CCc1ccc(Cl)cc1Cl)[C@@H]1CCC(=O)N1C(=O)Nc1ccc(Cl)c(Cl)c1. The topological polar surface area (TPSA) is 66.5 Å². The van der Waals surface area contributed by atoms with Crippen molar-refractivity contribution >= 4 is 69.8 Å². The maximum absolute atomic E-state index is 12.7. The second kappa shape index (κ2) is 9.35. The minimum absolute atomic E-state index is 0.132. The van der Waals surface area contributed by atoms with Gasteiger partial charge in [0.2, 0.25) is 5.91 Å². The van der Waals surface area contributed by atoms with Gasteiger partial charge in [-0.25, -0.2) is 4.79 Å². The van der Waals surface area contributed by atoms with E-state index in [0.29, 0.717) is 33.6 Å². The molecule has 0 bridgehead atoms. The van der Waals surface area contributed by atoms with Crippen LogP contribution in [0.3, 0.4) is 0 Å². The minimum Gasteiger partial charge on any atom is -0.307 e. The van der Waals surface area contributed by atoms with Gasteiger partial charge in [0.25, 0.3) is 0 Å². The lowest BCUT2D eigenvalue weighted by Gasteiger charge is -2.22. The van der Waals surface area contributed by atoms with Gasteiger partial charge >= 0.3 is 6.03 Å². The van der Waals surface area contributed by atoms with Crippen LogP contribution in [0.25, 0.3) is 0 Å². The van der Waals surface area contributed by atoms with Crippen LogP contribution in [0.1, 0.15) is 24.8 Å². The molecule has 1 fully saturated rings. The van der Waals surface area contributed by atoms with Crippen LogP contribution in [0.4, 0.5) is 10.5 Å². The summed E-state index contributed by atoms with van der Waals surface area (Å²) in [5.41, 5.74) is 1.16. The van der Waals surface area contributed by atoms with Crippen LogP contribution in [0.5, 0.6) is 0 Å². The number of carbonyl (C=O) groups is 3. The van der Waals surface area contributed by atoms with Gasteiger partial charge in [-0.1, -0.05) is 52.5 Å². The molecule has 5 nitrogen and oxygen atoms in total. The van der Waals surface area contributed by atoms with Crippen molar-refractivity contribution in [2.75, 3.05) is 5.32 Å². The molecule has 0 unspecified atom stereocenters. The second-order valence-electron chi connectivity index (χ2n) is 6.58. The van der Waals surface area contributed by atoms with Crippen LogP contribution in [-0.4, -0.2) is 28.7 Å². The molecule has 1 atom stereocenters. The first-order valence-electron chi connectivity index (χ1n) is 8.81. The number of urea groups is 1. The van der Waals surface area contributed by atoms with Crippen LogP contribution in [0.2, 0.25) is 20.1 Å². The summed E-state index contributed by atoms with van der Waals surface area (Å²) in [5.74, 6) is -0.600. The standard InChI is InChI=1S/C20H16Cl4N2O3/c21-12-3-1-11(15(23)9-12)2-7-18(27)17-6-8-19(28)26(17)20(29)25-13-4-5-14(22)16(24)10-13/h1,3-5,9-10,17H,2,6-8H2,(H,25,29)/t17-/m0/s1. The molecular formula is C20H16Cl4N2O3. The van der Waals surface area contributed by atoms with E-state index in [1.165, 1.54) is 12.1 Å². The summed E-state index contributed by atoms with van der Waals surface area (Å²) in [5, 5.41) is 4.19. The van der Waals surface area contributed by atoms with Crippen molar-refractivity contribution in [2.45, 2.75) is 31.7 Å². The van der Waals surface area contributed by atoms with E-state index in [1.54, 1.807) is 24.3 Å². The highest BCUT2D eigenvalue weighted by molar-refractivity contribution is 6.42. The van der Waals surface area contributed by atoms with E-state index in [9.17, 15) is 14.4 Å². The van der Waals surface area contributed by atoms with E-state index in [1.807, 2.05) is 0 Å². The zero-order valence-corrected chi connectivity index (χ0v) is 18.1. The first-order valence-corrected chi connectivity index (χ1v) is 10.3. The van der Waals surface area contributed by atoms with Gasteiger partial charge < -0.3 is 5.32 Å². The summed E-state index contributed by atoms with van der Waals surface area (Å²) in [7, 11) is 0. The molecule has 0 spiro atoms. The Morgan fingerprint density at radius 3 is 2.45 bits per heavy atom. The molecule has 1 N–H and O–H groups in total. The number of amides is 3. The van der Waals surface area contributed by atoms with Crippen LogP contribution in [-0.2, 0) is 16.0 Å². The molecule has 1 aliphatic rings. The molecular weight excluding hydrogens is 458 g/mol. The Labute approximate surface area is 187 Å². The molecule has 2 aromatic carbocycles. The quantitative estimate of drug-likeness (QED) is 0.576. The number of nitrogens with zero attached hydrogens (tertiary/aromatic N) is 1. The number of imide groups is 1. The number of aryl methyl sites for hydroxylation is 1. The predicted molar refractivity (Wildman–Crippen MR) is 115 cm³/mol. The Hall–Kier alpha value is -1.79. The average Bonchev–Trinajstić information content (AvgIpc) is 3.05. The Balaban J connectivity index is 1.67. The number of likely N-dealkylation sites (tertiary alicyclic amines) is 1. The lowest BCUT2D eigenvalue weighted by molar-refractivity contribution is -0.131. The molecule has 1 heterocycles. The van der Waals surface area contributed by atoms with Gasteiger partial charge in [-0.15, -0.1) is 0 Å². The zero-order chi connectivity index (χ0) is 21.1. The number of anilines is 1. The smallest absolute Gasteiger partial charge is 0.307 e. The predicted octanol–water partition coefficient (Wildman–Crippen LogP) is 6.03. The summed E-state index contributed by atoms with van der Waals surface area (Å²) in [6, 6.07) is 8.15. The highest BCUT2D eigenvalue weighted by Gasteiger charge is 2.39. The molecule has 1 aliphatic heterocycles. The van der Waals surface area contributed by atoms with Crippen molar-refractivity contribution in [3.63, 3.8) is 0 Å². The highest BCUT2D eigenvalue weighted by Crippen LogP contribution is 2.28. The van der Waals surface area contributed by atoms with Crippen molar-refractivity contribution in [1.29, 1.82) is 0 Å². The second-order valence-corrected chi connectivity index (χ2v) is 8.24. The van der Waals surface area contributed by atoms with Gasteiger partial charge in [0.05, 0.1) is 10.0 Å². The first kappa shape index (κ1) is 21.9. The van der Waals surface area contributed by atoms with Crippen LogP contribution in [0, 0.1) is 0 Å². The van der Waals surface area contributed by atoms with Crippen LogP contribution >= 0.6 is 46.4 Å². The van der Waals surface area contributed by atoms with E-state index in [0.717, 1.165) is 10.5 Å². The largest absolute Gasteiger partial charge is 0.329 e. The Morgan fingerprint density at radius 1 is 1.00 bits per heavy atom. The number of nitrogens with one attached hydrogen (secondary N) is 1. The first-order chi connectivity index (χ1) is 13.8. The fourth-order valence-corrected chi connectivity index (χ4v) is 3.95. The Morgan fingerprint density at radius 2 is 1.76 bits per heavy atom. The van der Waals surface area contributed by atoms with E-state index in [4.69, 9.17) is 46.4 Å². The van der Waals surface area contributed by atoms with Crippen molar-refractivity contribution < 1.29 is 14.4 Å². The highest BCUT2D eigenvalue weighted by atomic mass is 35.5. The molecule has 3 rings (SSSR count). The van der Waals surface area contributed by atoms with Crippen molar-refractivity contribution in [1.82, 2.24) is 4.90 Å². The maximum atomic E-state index is 12.7. The lowest BCUT2D eigenvalue weighted by Crippen LogP contribution is -2.45. The van der Waals surface area contributed by atoms with Gasteiger partial charge in [-0.3, -0.25) is 14.5 Å².